The Morgan fingerprint density at radius 1 is 0.972 bits per heavy atom. The fourth-order valence-electron chi connectivity index (χ4n) is 3.94. The van der Waals surface area contributed by atoms with E-state index in [0.29, 0.717) is 23.1 Å². The van der Waals surface area contributed by atoms with Gasteiger partial charge in [0.05, 0.1) is 24.2 Å². The third kappa shape index (κ3) is 5.03. The molecule has 0 saturated heterocycles. The van der Waals surface area contributed by atoms with Gasteiger partial charge in [-0.2, -0.15) is 0 Å². The van der Waals surface area contributed by atoms with Crippen molar-refractivity contribution in [3.8, 4) is 11.5 Å². The van der Waals surface area contributed by atoms with Crippen LogP contribution in [0.5, 0.6) is 11.5 Å². The van der Waals surface area contributed by atoms with Gasteiger partial charge in [0.25, 0.3) is 11.5 Å². The van der Waals surface area contributed by atoms with Crippen molar-refractivity contribution in [2.24, 2.45) is 11.8 Å². The molecule has 1 aromatic heterocycles. The number of ether oxygens (including phenoxy) is 2. The molecule has 0 unspecified atom stereocenters. The molecule has 8 nitrogen and oxygen atoms in total. The highest BCUT2D eigenvalue weighted by molar-refractivity contribution is 6.23. The van der Waals surface area contributed by atoms with Crippen molar-refractivity contribution < 1.29 is 23.9 Å². The number of esters is 1. The van der Waals surface area contributed by atoms with E-state index in [-0.39, 0.29) is 11.4 Å². The SMILES string of the molecule is CCc1c(C)ccc2[nH]c(=O)c(C(=O)N(C(=O)C(C)C)c3ccc(OC)cc3)c(OC(=O)C(C)C)c12. The summed E-state index contributed by atoms with van der Waals surface area (Å²) in [7, 11) is 1.51. The highest BCUT2D eigenvalue weighted by Crippen LogP contribution is 2.34. The molecule has 8 heteroatoms. The lowest BCUT2D eigenvalue weighted by atomic mass is 9.97. The van der Waals surface area contributed by atoms with Crippen molar-refractivity contribution >= 4 is 34.4 Å². The van der Waals surface area contributed by atoms with Crippen LogP contribution >= 0.6 is 0 Å². The highest BCUT2D eigenvalue weighted by Gasteiger charge is 2.33. The second-order valence-electron chi connectivity index (χ2n) is 9.20. The van der Waals surface area contributed by atoms with Crippen LogP contribution in [0, 0.1) is 18.8 Å². The van der Waals surface area contributed by atoms with Gasteiger partial charge in [-0.15, -0.1) is 0 Å². The largest absolute Gasteiger partial charge is 0.497 e. The molecule has 1 heterocycles. The highest BCUT2D eigenvalue weighted by atomic mass is 16.5. The number of carbonyl (C=O) groups excluding carboxylic acids is 3. The predicted molar refractivity (Wildman–Crippen MR) is 139 cm³/mol. The standard InChI is InChI=1S/C28H32N2O6/c1-8-20-17(6)9-14-21-22(20)24(36-28(34)16(4)5)23(25(31)29-21)27(33)30(26(32)15(2)3)18-10-12-19(35-7)13-11-18/h9-16H,8H2,1-7H3,(H,29,31). The molecule has 0 aliphatic heterocycles. The number of hydrogen-bond donors (Lipinski definition) is 1. The lowest BCUT2D eigenvalue weighted by molar-refractivity contribution is -0.137. The Labute approximate surface area is 210 Å². The van der Waals surface area contributed by atoms with Gasteiger partial charge in [-0.05, 0) is 54.8 Å². The van der Waals surface area contributed by atoms with Gasteiger partial charge < -0.3 is 14.5 Å². The van der Waals surface area contributed by atoms with Crippen molar-refractivity contribution in [3.63, 3.8) is 0 Å². The fraction of sp³-hybridized carbons (Fsp3) is 0.357. The number of hydrogen-bond acceptors (Lipinski definition) is 6. The lowest BCUT2D eigenvalue weighted by Gasteiger charge is -2.24. The third-order valence-corrected chi connectivity index (χ3v) is 5.97. The smallest absolute Gasteiger partial charge is 0.313 e. The van der Waals surface area contributed by atoms with Crippen LogP contribution in [0.4, 0.5) is 5.69 Å². The lowest BCUT2D eigenvalue weighted by Crippen LogP contribution is -2.42. The van der Waals surface area contributed by atoms with E-state index in [2.05, 4.69) is 4.98 Å². The van der Waals surface area contributed by atoms with Crippen LogP contribution in [0.3, 0.4) is 0 Å². The number of aromatic nitrogens is 1. The molecule has 0 saturated carbocycles. The van der Waals surface area contributed by atoms with Gasteiger partial charge in [-0.3, -0.25) is 19.2 Å². The van der Waals surface area contributed by atoms with Gasteiger partial charge >= 0.3 is 5.97 Å². The van der Waals surface area contributed by atoms with E-state index in [0.717, 1.165) is 16.0 Å². The first kappa shape index (κ1) is 26.7. The second kappa shape index (κ2) is 10.8. The summed E-state index contributed by atoms with van der Waals surface area (Å²) < 4.78 is 10.9. The Hall–Kier alpha value is -3.94. The number of H-pyrrole nitrogens is 1. The minimum atomic E-state index is -0.878. The fourth-order valence-corrected chi connectivity index (χ4v) is 3.94. The molecule has 0 fully saturated rings. The van der Waals surface area contributed by atoms with Crippen molar-refractivity contribution in [2.75, 3.05) is 12.0 Å². The first-order valence-electron chi connectivity index (χ1n) is 11.9. The molecule has 0 spiro atoms. The molecule has 0 bridgehead atoms. The average molecular weight is 493 g/mol. The molecule has 2 aromatic carbocycles. The molecule has 1 N–H and O–H groups in total. The summed E-state index contributed by atoms with van der Waals surface area (Å²) in [5.41, 5.74) is 1.30. The molecule has 0 aliphatic rings. The molecule has 0 radical (unpaired) electrons. The van der Waals surface area contributed by atoms with Gasteiger partial charge in [0.2, 0.25) is 5.91 Å². The topological polar surface area (TPSA) is 106 Å². The number of benzene rings is 2. The molecule has 2 amide bonds. The summed E-state index contributed by atoms with van der Waals surface area (Å²) >= 11 is 0. The van der Waals surface area contributed by atoms with E-state index in [1.165, 1.54) is 7.11 Å². The molecule has 3 rings (SSSR count). The Morgan fingerprint density at radius 2 is 1.61 bits per heavy atom. The molecule has 3 aromatic rings. The van der Waals surface area contributed by atoms with Crippen LogP contribution in [-0.2, 0) is 16.0 Å². The van der Waals surface area contributed by atoms with E-state index >= 15 is 0 Å². The van der Waals surface area contributed by atoms with Crippen LogP contribution in [0.25, 0.3) is 10.9 Å². The number of fused-ring (bicyclic) bond motifs is 1. The van der Waals surface area contributed by atoms with Gasteiger partial charge in [0, 0.05) is 11.3 Å². The predicted octanol–water partition coefficient (Wildman–Crippen LogP) is 4.80. The zero-order valence-corrected chi connectivity index (χ0v) is 21.7. The summed E-state index contributed by atoms with van der Waals surface area (Å²) in [6.07, 6.45) is 0.572. The minimum Gasteiger partial charge on any atom is -0.497 e. The Bertz CT molecular complexity index is 1370. The molecule has 0 aliphatic carbocycles. The van der Waals surface area contributed by atoms with Gasteiger partial charge in [-0.25, -0.2) is 4.90 Å². The first-order chi connectivity index (χ1) is 17.0. The van der Waals surface area contributed by atoms with Gasteiger partial charge in [0.15, 0.2) is 5.75 Å². The van der Waals surface area contributed by atoms with Crippen LogP contribution in [0.2, 0.25) is 0 Å². The molecule has 190 valence electrons. The quantitative estimate of drug-likeness (QED) is 0.475. The van der Waals surface area contributed by atoms with Crippen LogP contribution < -0.4 is 19.9 Å². The summed E-state index contributed by atoms with van der Waals surface area (Å²) in [4.78, 5) is 57.1. The van der Waals surface area contributed by atoms with E-state index < -0.39 is 40.7 Å². The maximum Gasteiger partial charge on any atom is 0.313 e. The Balaban J connectivity index is 2.37. The third-order valence-electron chi connectivity index (χ3n) is 5.97. The summed E-state index contributed by atoms with van der Waals surface area (Å²) in [6, 6.07) is 9.94. The van der Waals surface area contributed by atoms with Crippen molar-refractivity contribution in [1.29, 1.82) is 0 Å². The monoisotopic (exact) mass is 492 g/mol. The van der Waals surface area contributed by atoms with Crippen molar-refractivity contribution in [2.45, 2.75) is 48.0 Å². The van der Waals surface area contributed by atoms with Crippen LogP contribution in [0.1, 0.15) is 56.1 Å². The normalized spacial score (nSPS) is 11.1. The number of aromatic amines is 1. The number of carbonyl (C=O) groups is 3. The molecule has 0 atom stereocenters. The summed E-state index contributed by atoms with van der Waals surface area (Å²) in [5, 5.41) is 0.473. The molecular weight excluding hydrogens is 460 g/mol. The van der Waals surface area contributed by atoms with Crippen LogP contribution in [0.15, 0.2) is 41.2 Å². The zero-order chi connectivity index (χ0) is 26.7. The average Bonchev–Trinajstić information content (AvgIpc) is 2.84. The number of nitrogens with one attached hydrogen (secondary N) is 1. The Morgan fingerprint density at radius 3 is 2.14 bits per heavy atom. The van der Waals surface area contributed by atoms with E-state index in [1.807, 2.05) is 19.9 Å². The van der Waals surface area contributed by atoms with Crippen molar-refractivity contribution in [3.05, 3.63) is 63.4 Å². The number of anilines is 1. The number of nitrogens with zero attached hydrogens (tertiary/aromatic N) is 1. The minimum absolute atomic E-state index is 0.131. The maximum absolute atomic E-state index is 14.0. The number of amides is 2. The number of rotatable bonds is 7. The van der Waals surface area contributed by atoms with Gasteiger partial charge in [0.1, 0.15) is 11.3 Å². The first-order valence-corrected chi connectivity index (χ1v) is 11.9. The maximum atomic E-state index is 14.0. The second-order valence-corrected chi connectivity index (χ2v) is 9.20. The number of aryl methyl sites for hydroxylation is 2. The zero-order valence-electron chi connectivity index (χ0n) is 21.7. The van der Waals surface area contributed by atoms with E-state index in [9.17, 15) is 19.2 Å². The van der Waals surface area contributed by atoms with Crippen molar-refractivity contribution in [1.82, 2.24) is 4.98 Å². The number of imide groups is 1. The van der Waals surface area contributed by atoms with Crippen LogP contribution in [-0.4, -0.2) is 29.9 Å². The van der Waals surface area contributed by atoms with E-state index in [4.69, 9.17) is 9.47 Å². The van der Waals surface area contributed by atoms with Gasteiger partial charge in [-0.1, -0.05) is 40.7 Å². The Kier molecular flexibility index (Phi) is 7.97. The number of methoxy groups -OCH3 is 1. The van der Waals surface area contributed by atoms with E-state index in [1.54, 1.807) is 58.0 Å². The molecular formula is C28H32N2O6. The summed E-state index contributed by atoms with van der Waals surface area (Å²) in [6.45, 7) is 10.5. The summed E-state index contributed by atoms with van der Waals surface area (Å²) in [5.74, 6) is -2.62. The molecule has 36 heavy (non-hydrogen) atoms. The number of pyridine rings is 1.